The first-order chi connectivity index (χ1) is 21.4. The van der Waals surface area contributed by atoms with Crippen LogP contribution >= 0.6 is 0 Å². The fourth-order valence-corrected chi connectivity index (χ4v) is 7.16. The number of aliphatic imine (C=N–C) groups is 1. The maximum atomic E-state index is 5.78. The highest BCUT2D eigenvalue weighted by Crippen LogP contribution is 2.33. The molecule has 0 bridgehead atoms. The van der Waals surface area contributed by atoms with E-state index in [4.69, 9.17) is 9.84 Å². The van der Waals surface area contributed by atoms with Gasteiger partial charge in [-0.1, -0.05) is 108 Å². The molecular weight excluding hydrogens is 540 g/mol. The molecule has 4 aliphatic rings. The van der Waals surface area contributed by atoms with Gasteiger partial charge >= 0.3 is 0 Å². The van der Waals surface area contributed by atoms with Crippen molar-refractivity contribution in [3.05, 3.63) is 71.5 Å². The highest BCUT2D eigenvalue weighted by atomic mass is 16.5. The van der Waals surface area contributed by atoms with Crippen molar-refractivity contribution in [3.8, 4) is 0 Å². The number of fused-ring (bicyclic) bond motifs is 1. The molecule has 2 atom stereocenters. The molecule has 0 N–H and O–H groups in total. The van der Waals surface area contributed by atoms with Gasteiger partial charge < -0.3 is 4.74 Å². The van der Waals surface area contributed by atoms with E-state index < -0.39 is 0 Å². The molecule has 5 nitrogen and oxygen atoms in total. The van der Waals surface area contributed by atoms with E-state index >= 15 is 0 Å². The lowest BCUT2D eigenvalue weighted by molar-refractivity contribution is 0.00316. The van der Waals surface area contributed by atoms with Crippen molar-refractivity contribution in [1.82, 2.24) is 9.91 Å². The summed E-state index contributed by atoms with van der Waals surface area (Å²) in [5.74, 6) is 1.63. The van der Waals surface area contributed by atoms with E-state index in [-0.39, 0.29) is 0 Å². The van der Waals surface area contributed by atoms with Crippen LogP contribution in [0.1, 0.15) is 116 Å². The first kappa shape index (κ1) is 34.4. The molecule has 44 heavy (non-hydrogen) atoms. The van der Waals surface area contributed by atoms with Crippen LogP contribution in [-0.4, -0.2) is 53.3 Å². The zero-order valence-electron chi connectivity index (χ0n) is 28.7. The molecule has 0 aromatic heterocycles. The molecule has 1 saturated carbocycles. The Morgan fingerprint density at radius 3 is 2.50 bits per heavy atom. The summed E-state index contributed by atoms with van der Waals surface area (Å²) < 4.78 is 5.78. The topological polar surface area (TPSA) is 40.4 Å². The van der Waals surface area contributed by atoms with Crippen LogP contribution < -0.4 is 0 Å². The third-order valence-electron chi connectivity index (χ3n) is 10.2. The highest BCUT2D eigenvalue weighted by Gasteiger charge is 2.32. The van der Waals surface area contributed by atoms with Crippen LogP contribution in [-0.2, 0) is 11.3 Å². The van der Waals surface area contributed by atoms with E-state index in [1.54, 1.807) is 6.20 Å². The lowest BCUT2D eigenvalue weighted by atomic mass is 9.81. The van der Waals surface area contributed by atoms with E-state index in [0.29, 0.717) is 29.8 Å². The lowest BCUT2D eigenvalue weighted by Gasteiger charge is -2.42. The quantitative estimate of drug-likeness (QED) is 0.265. The van der Waals surface area contributed by atoms with Gasteiger partial charge in [0.05, 0.1) is 18.4 Å². The van der Waals surface area contributed by atoms with Gasteiger partial charge in [0, 0.05) is 49.2 Å². The Morgan fingerprint density at radius 2 is 1.84 bits per heavy atom. The largest absolute Gasteiger partial charge is 0.381 e. The number of nitrogens with zero attached hydrogens (tertiary/aromatic N) is 4. The zero-order chi connectivity index (χ0) is 31.5. The van der Waals surface area contributed by atoms with Crippen LogP contribution in [0.4, 0.5) is 0 Å². The SMILES string of the molecule is C=CN=C(CCC1=CCC(N2Cc3cc(C)ccc3/C(C3CCCCC3)=N\N(C3CCOCC3)C2)C=C1)[C@@H](C)C(C)C.CC. The second-order valence-electron chi connectivity index (χ2n) is 13.4. The Labute approximate surface area is 269 Å². The van der Waals surface area contributed by atoms with Crippen molar-refractivity contribution in [2.75, 3.05) is 19.9 Å². The fourth-order valence-electron chi connectivity index (χ4n) is 7.16. The summed E-state index contributed by atoms with van der Waals surface area (Å²) in [6.45, 7) is 20.5. The second-order valence-corrected chi connectivity index (χ2v) is 13.4. The Kier molecular flexibility index (Phi) is 13.5. The summed E-state index contributed by atoms with van der Waals surface area (Å²) in [6, 6.07) is 7.90. The van der Waals surface area contributed by atoms with Crippen molar-refractivity contribution in [3.63, 3.8) is 0 Å². The van der Waals surface area contributed by atoms with Crippen molar-refractivity contribution < 1.29 is 4.74 Å². The van der Waals surface area contributed by atoms with Gasteiger partial charge in [-0.25, -0.2) is 0 Å². The number of ether oxygens (including phenoxy) is 1. The third kappa shape index (κ3) is 9.03. The second kappa shape index (κ2) is 17.3. The van der Waals surface area contributed by atoms with Crippen molar-refractivity contribution in [2.24, 2.45) is 27.8 Å². The smallest absolute Gasteiger partial charge is 0.0890 e. The van der Waals surface area contributed by atoms with Crippen LogP contribution in [0.5, 0.6) is 0 Å². The van der Waals surface area contributed by atoms with Crippen LogP contribution in [0.15, 0.2) is 64.9 Å². The van der Waals surface area contributed by atoms with Crippen LogP contribution in [0.2, 0.25) is 0 Å². The first-order valence-corrected chi connectivity index (χ1v) is 17.7. The zero-order valence-corrected chi connectivity index (χ0v) is 28.7. The number of rotatable bonds is 9. The molecule has 5 heteroatoms. The summed E-state index contributed by atoms with van der Waals surface area (Å²) in [7, 11) is 0. The summed E-state index contributed by atoms with van der Waals surface area (Å²) in [5.41, 5.74) is 8.23. The van der Waals surface area contributed by atoms with Crippen LogP contribution in [0, 0.1) is 24.7 Å². The maximum absolute atomic E-state index is 5.78. The van der Waals surface area contributed by atoms with Gasteiger partial charge in [0.2, 0.25) is 0 Å². The minimum atomic E-state index is 0.367. The average molecular weight is 601 g/mol. The summed E-state index contributed by atoms with van der Waals surface area (Å²) >= 11 is 0. The van der Waals surface area contributed by atoms with E-state index in [9.17, 15) is 0 Å². The predicted octanol–water partition coefficient (Wildman–Crippen LogP) is 9.47. The van der Waals surface area contributed by atoms with E-state index in [2.05, 4.69) is 85.6 Å². The molecular formula is C39H60N4O. The Morgan fingerprint density at radius 1 is 1.09 bits per heavy atom. The molecule has 5 rings (SSSR count). The molecule has 0 spiro atoms. The average Bonchev–Trinajstić information content (AvgIpc) is 3.05. The molecule has 1 saturated heterocycles. The highest BCUT2D eigenvalue weighted by molar-refractivity contribution is 6.03. The predicted molar refractivity (Wildman–Crippen MR) is 188 cm³/mol. The summed E-state index contributed by atoms with van der Waals surface area (Å²) in [4.78, 5) is 7.32. The maximum Gasteiger partial charge on any atom is 0.0890 e. The fraction of sp³-hybridized carbons (Fsp3) is 0.641. The molecule has 0 amide bonds. The van der Waals surface area contributed by atoms with Gasteiger partial charge in [0.25, 0.3) is 0 Å². The number of hydrogen-bond donors (Lipinski definition) is 0. The van der Waals surface area contributed by atoms with Crippen molar-refractivity contribution in [1.29, 1.82) is 0 Å². The van der Waals surface area contributed by atoms with Gasteiger partial charge in [-0.05, 0) is 69.3 Å². The normalized spacial score (nSPS) is 24.3. The number of allylic oxidation sites excluding steroid dienone is 2. The van der Waals surface area contributed by atoms with E-state index in [1.165, 1.54) is 65.8 Å². The standard InChI is InChI=1S/C37H54N4O.C2H6/c1-6-38-36(29(5)27(2)3)19-15-30-13-16-33(17-14-30)40-25-32-24-28(4)12-18-35(32)37(31-10-8-7-9-11-31)39-41(26-40)34-20-22-42-23-21-34;1-2/h6,12-14,16,18,24,27,29,31,33-34H,1,7-11,15,17,19-23,25-26H2,2-5H3;1-2H3/b38-36?,39-37-;/t29-,33?;/m0./s1. The van der Waals surface area contributed by atoms with Gasteiger partial charge in [-0.2, -0.15) is 5.10 Å². The van der Waals surface area contributed by atoms with Gasteiger partial charge in [0.1, 0.15) is 0 Å². The Bertz CT molecular complexity index is 1180. The molecule has 2 aliphatic heterocycles. The number of benzene rings is 1. The summed E-state index contributed by atoms with van der Waals surface area (Å²) in [6.07, 6.45) is 20.8. The Balaban J connectivity index is 0.00000216. The molecule has 2 aliphatic carbocycles. The van der Waals surface area contributed by atoms with E-state index in [1.807, 2.05) is 13.8 Å². The molecule has 2 fully saturated rings. The number of aryl methyl sites for hydroxylation is 1. The third-order valence-corrected chi connectivity index (χ3v) is 10.2. The van der Waals surface area contributed by atoms with Crippen LogP contribution in [0.25, 0.3) is 0 Å². The molecule has 1 aromatic carbocycles. The number of hydrogen-bond acceptors (Lipinski definition) is 5. The lowest BCUT2D eigenvalue weighted by Crippen LogP contribution is -2.48. The molecule has 242 valence electrons. The molecule has 2 heterocycles. The molecule has 1 unspecified atom stereocenters. The van der Waals surface area contributed by atoms with Gasteiger partial charge in [0.15, 0.2) is 0 Å². The van der Waals surface area contributed by atoms with Crippen molar-refractivity contribution in [2.45, 2.75) is 124 Å². The molecule has 0 radical (unpaired) electrons. The van der Waals surface area contributed by atoms with Crippen molar-refractivity contribution >= 4 is 11.4 Å². The van der Waals surface area contributed by atoms with Gasteiger partial charge in [-0.3, -0.25) is 14.9 Å². The van der Waals surface area contributed by atoms with E-state index in [0.717, 1.165) is 58.5 Å². The Hall–Kier alpha value is -2.50. The monoisotopic (exact) mass is 600 g/mol. The number of hydrazone groups is 1. The van der Waals surface area contributed by atoms with Crippen LogP contribution in [0.3, 0.4) is 0 Å². The minimum absolute atomic E-state index is 0.367. The first-order valence-electron chi connectivity index (χ1n) is 17.7. The summed E-state index contributed by atoms with van der Waals surface area (Å²) in [5, 5.41) is 8.07. The van der Waals surface area contributed by atoms with Gasteiger partial charge in [-0.15, -0.1) is 0 Å². The minimum Gasteiger partial charge on any atom is -0.381 e. The molecule has 1 aromatic rings.